The third kappa shape index (κ3) is 2.41. The van der Waals surface area contributed by atoms with Gasteiger partial charge in [0.2, 0.25) is 5.91 Å². The Morgan fingerprint density at radius 1 is 1.29 bits per heavy atom. The van der Waals surface area contributed by atoms with E-state index >= 15 is 0 Å². The lowest BCUT2D eigenvalue weighted by molar-refractivity contribution is -0.140. The molecule has 0 atom stereocenters. The van der Waals surface area contributed by atoms with Crippen molar-refractivity contribution in [1.29, 1.82) is 0 Å². The molecule has 0 saturated heterocycles. The molecule has 0 aliphatic heterocycles. The second-order valence-corrected chi connectivity index (χ2v) is 3.66. The molecule has 1 amide bonds. The minimum absolute atomic E-state index is 0.268. The van der Waals surface area contributed by atoms with Gasteiger partial charge in [-0.25, -0.2) is 0 Å². The molecular weight excluding hydrogens is 233 g/mol. The number of nitrogens with one attached hydrogen (secondary N) is 2. The largest absolute Gasteiger partial charge is 0.431 e. The summed E-state index contributed by atoms with van der Waals surface area (Å²) in [7, 11) is 0. The molecule has 1 aromatic heterocycles. The van der Waals surface area contributed by atoms with Crippen LogP contribution in [0.3, 0.4) is 0 Å². The summed E-state index contributed by atoms with van der Waals surface area (Å²) >= 11 is 0. The summed E-state index contributed by atoms with van der Waals surface area (Å²) in [6, 6.07) is 5.54. The van der Waals surface area contributed by atoms with E-state index < -0.39 is 11.9 Å². The molecule has 0 bridgehead atoms. The monoisotopic (exact) mass is 242 g/mol. The number of aromatic amines is 1. The van der Waals surface area contributed by atoms with Gasteiger partial charge >= 0.3 is 6.18 Å². The number of aromatic nitrogens is 1. The van der Waals surface area contributed by atoms with Gasteiger partial charge < -0.3 is 10.3 Å². The van der Waals surface area contributed by atoms with Crippen LogP contribution in [0.1, 0.15) is 12.6 Å². The van der Waals surface area contributed by atoms with Gasteiger partial charge in [-0.3, -0.25) is 4.79 Å². The topological polar surface area (TPSA) is 44.9 Å². The van der Waals surface area contributed by atoms with Gasteiger partial charge in [-0.2, -0.15) is 13.2 Å². The van der Waals surface area contributed by atoms with Gasteiger partial charge in [-0.1, -0.05) is 0 Å². The third-order valence-corrected chi connectivity index (χ3v) is 2.25. The summed E-state index contributed by atoms with van der Waals surface area (Å²) in [6.45, 7) is 1.34. The number of hydrogen-bond acceptors (Lipinski definition) is 1. The van der Waals surface area contributed by atoms with Crippen LogP contribution in [-0.4, -0.2) is 10.9 Å². The average molecular weight is 242 g/mol. The van der Waals surface area contributed by atoms with Gasteiger partial charge in [0.15, 0.2) is 0 Å². The summed E-state index contributed by atoms with van der Waals surface area (Å²) in [5.41, 5.74) is 0.0524. The number of carbonyl (C=O) groups is 1. The first-order valence-electron chi connectivity index (χ1n) is 4.84. The number of rotatable bonds is 1. The highest BCUT2D eigenvalue weighted by Gasteiger charge is 2.32. The van der Waals surface area contributed by atoms with E-state index in [0.717, 1.165) is 6.07 Å². The van der Waals surface area contributed by atoms with Crippen LogP contribution in [0, 0.1) is 0 Å². The molecule has 17 heavy (non-hydrogen) atoms. The van der Waals surface area contributed by atoms with Crippen molar-refractivity contribution < 1.29 is 18.0 Å². The van der Waals surface area contributed by atoms with Crippen LogP contribution >= 0.6 is 0 Å². The number of fused-ring (bicyclic) bond motifs is 1. The van der Waals surface area contributed by atoms with Crippen LogP contribution in [-0.2, 0) is 11.0 Å². The highest BCUT2D eigenvalue weighted by Crippen LogP contribution is 2.31. The molecule has 90 valence electrons. The number of anilines is 1. The highest BCUT2D eigenvalue weighted by molar-refractivity contribution is 5.92. The van der Waals surface area contributed by atoms with E-state index in [1.54, 1.807) is 6.07 Å². The van der Waals surface area contributed by atoms with E-state index in [4.69, 9.17) is 0 Å². The minimum Gasteiger partial charge on any atom is -0.351 e. The van der Waals surface area contributed by atoms with Crippen molar-refractivity contribution in [2.45, 2.75) is 13.1 Å². The molecule has 0 aliphatic carbocycles. The van der Waals surface area contributed by atoms with Gasteiger partial charge in [0.1, 0.15) is 5.69 Å². The first kappa shape index (κ1) is 11.5. The van der Waals surface area contributed by atoms with Crippen LogP contribution < -0.4 is 5.32 Å². The Bertz CT molecular complexity index is 572. The van der Waals surface area contributed by atoms with Crippen molar-refractivity contribution in [3.63, 3.8) is 0 Å². The molecule has 0 radical (unpaired) electrons. The number of H-pyrrole nitrogens is 1. The number of alkyl halides is 3. The molecule has 0 fully saturated rings. The Morgan fingerprint density at radius 2 is 2.00 bits per heavy atom. The Balaban J connectivity index is 2.44. The lowest BCUT2D eigenvalue weighted by Gasteiger charge is -2.01. The van der Waals surface area contributed by atoms with Crippen LogP contribution in [0.5, 0.6) is 0 Å². The maximum Gasteiger partial charge on any atom is 0.431 e. The Kier molecular flexibility index (Phi) is 2.57. The molecule has 0 unspecified atom stereocenters. The normalized spacial score (nSPS) is 11.8. The fraction of sp³-hybridized carbons (Fsp3) is 0.182. The molecule has 6 heteroatoms. The zero-order valence-electron chi connectivity index (χ0n) is 8.85. The number of benzene rings is 1. The SMILES string of the molecule is CC(=O)Nc1ccc2[nH]c(C(F)(F)F)cc2c1. The lowest BCUT2D eigenvalue weighted by Crippen LogP contribution is -2.05. The number of carbonyl (C=O) groups excluding carboxylic acids is 1. The van der Waals surface area contributed by atoms with E-state index in [0.29, 0.717) is 16.6 Å². The second-order valence-electron chi connectivity index (χ2n) is 3.66. The molecule has 0 aliphatic rings. The Labute approximate surface area is 94.6 Å². The van der Waals surface area contributed by atoms with Crippen molar-refractivity contribution in [1.82, 2.24) is 4.98 Å². The van der Waals surface area contributed by atoms with Gasteiger partial charge in [0.25, 0.3) is 0 Å². The fourth-order valence-corrected chi connectivity index (χ4v) is 1.57. The standard InChI is InChI=1S/C11H9F3N2O/c1-6(17)15-8-2-3-9-7(4-8)5-10(16-9)11(12,13)14/h2-5,16H,1H3,(H,15,17). The third-order valence-electron chi connectivity index (χ3n) is 2.25. The van der Waals surface area contributed by atoms with Crippen LogP contribution in [0.4, 0.5) is 18.9 Å². The van der Waals surface area contributed by atoms with Crippen molar-refractivity contribution in [3.8, 4) is 0 Å². The van der Waals surface area contributed by atoms with Crippen molar-refractivity contribution in [3.05, 3.63) is 30.0 Å². The Morgan fingerprint density at radius 3 is 2.59 bits per heavy atom. The Hall–Kier alpha value is -1.98. The molecule has 0 spiro atoms. The molecule has 1 aromatic carbocycles. The summed E-state index contributed by atoms with van der Waals surface area (Å²) in [5.74, 6) is -0.268. The molecule has 2 N–H and O–H groups in total. The predicted octanol–water partition coefficient (Wildman–Crippen LogP) is 3.15. The van der Waals surface area contributed by atoms with Crippen molar-refractivity contribution in [2.75, 3.05) is 5.32 Å². The lowest BCUT2D eigenvalue weighted by atomic mass is 10.2. The summed E-state index contributed by atoms with van der Waals surface area (Å²) < 4.78 is 37.3. The number of halogens is 3. The quantitative estimate of drug-likeness (QED) is 0.792. The van der Waals surface area contributed by atoms with Crippen LogP contribution in [0.15, 0.2) is 24.3 Å². The van der Waals surface area contributed by atoms with Gasteiger partial charge in [-0.05, 0) is 24.3 Å². The molecular formula is C11H9F3N2O. The first-order chi connectivity index (χ1) is 7.86. The molecule has 3 nitrogen and oxygen atoms in total. The van der Waals surface area contributed by atoms with Crippen molar-refractivity contribution in [2.24, 2.45) is 0 Å². The highest BCUT2D eigenvalue weighted by atomic mass is 19.4. The maximum absolute atomic E-state index is 12.4. The molecule has 2 rings (SSSR count). The fourth-order valence-electron chi connectivity index (χ4n) is 1.57. The summed E-state index contributed by atoms with van der Waals surface area (Å²) in [5, 5.41) is 2.92. The van der Waals surface area contributed by atoms with E-state index in [1.807, 2.05) is 0 Å². The van der Waals surface area contributed by atoms with Gasteiger partial charge in [0, 0.05) is 23.5 Å². The van der Waals surface area contributed by atoms with Crippen LogP contribution in [0.2, 0.25) is 0 Å². The average Bonchev–Trinajstić information content (AvgIpc) is 2.58. The van der Waals surface area contributed by atoms with E-state index in [2.05, 4.69) is 10.3 Å². The molecule has 2 aromatic rings. The van der Waals surface area contributed by atoms with E-state index in [9.17, 15) is 18.0 Å². The zero-order chi connectivity index (χ0) is 12.6. The zero-order valence-corrected chi connectivity index (χ0v) is 8.85. The summed E-state index contributed by atoms with van der Waals surface area (Å²) in [4.78, 5) is 13.1. The summed E-state index contributed by atoms with van der Waals surface area (Å²) in [6.07, 6.45) is -4.40. The van der Waals surface area contributed by atoms with Crippen LogP contribution in [0.25, 0.3) is 10.9 Å². The van der Waals surface area contributed by atoms with Crippen molar-refractivity contribution >= 4 is 22.5 Å². The van der Waals surface area contributed by atoms with Gasteiger partial charge in [-0.15, -0.1) is 0 Å². The maximum atomic E-state index is 12.4. The first-order valence-corrected chi connectivity index (χ1v) is 4.84. The van der Waals surface area contributed by atoms with E-state index in [1.165, 1.54) is 19.1 Å². The minimum atomic E-state index is -4.40. The van der Waals surface area contributed by atoms with E-state index in [-0.39, 0.29) is 5.91 Å². The molecule has 1 heterocycles. The van der Waals surface area contributed by atoms with Gasteiger partial charge in [0.05, 0.1) is 0 Å². The second kappa shape index (κ2) is 3.80. The number of amides is 1. The smallest absolute Gasteiger partial charge is 0.351 e. The predicted molar refractivity (Wildman–Crippen MR) is 57.6 cm³/mol. The molecule has 0 saturated carbocycles. The number of hydrogen-bond donors (Lipinski definition) is 2.